The first kappa shape index (κ1) is 14.3. The molecule has 0 radical (unpaired) electrons. The molecule has 3 atom stereocenters. The summed E-state index contributed by atoms with van der Waals surface area (Å²) in [7, 11) is 0. The molecule has 112 valence electrons. The smallest absolute Gasteiger partial charge is 0.109 e. The third-order valence-corrected chi connectivity index (χ3v) is 4.54. The summed E-state index contributed by atoms with van der Waals surface area (Å²) in [6.07, 6.45) is 8.80. The van der Waals surface area contributed by atoms with Crippen molar-refractivity contribution < 1.29 is 4.74 Å². The zero-order chi connectivity index (χ0) is 14.5. The molecule has 3 nitrogen and oxygen atoms in total. The van der Waals surface area contributed by atoms with E-state index in [0.29, 0.717) is 17.9 Å². The highest BCUT2D eigenvalue weighted by molar-refractivity contribution is 5.24. The van der Waals surface area contributed by atoms with Crippen LogP contribution in [-0.2, 0) is 4.74 Å². The SMILES string of the molecule is CCOC1CCCC(c2ncc[nH]2)C(c2ccccc2)C1. The largest absolute Gasteiger partial charge is 0.378 e. The Labute approximate surface area is 126 Å². The second kappa shape index (κ2) is 6.90. The van der Waals surface area contributed by atoms with E-state index in [4.69, 9.17) is 4.74 Å². The minimum atomic E-state index is 0.375. The molecule has 21 heavy (non-hydrogen) atoms. The summed E-state index contributed by atoms with van der Waals surface area (Å²) in [6, 6.07) is 10.8. The van der Waals surface area contributed by atoms with Gasteiger partial charge in [0.15, 0.2) is 0 Å². The molecule has 1 heterocycles. The van der Waals surface area contributed by atoms with Gasteiger partial charge in [-0.25, -0.2) is 4.98 Å². The van der Waals surface area contributed by atoms with Crippen molar-refractivity contribution in [3.05, 3.63) is 54.1 Å². The lowest BCUT2D eigenvalue weighted by Crippen LogP contribution is -2.18. The van der Waals surface area contributed by atoms with Gasteiger partial charge in [0, 0.05) is 24.9 Å². The number of benzene rings is 1. The molecular weight excluding hydrogens is 260 g/mol. The van der Waals surface area contributed by atoms with Gasteiger partial charge in [0.05, 0.1) is 6.10 Å². The fourth-order valence-corrected chi connectivity index (χ4v) is 3.60. The van der Waals surface area contributed by atoms with Crippen LogP contribution in [0.4, 0.5) is 0 Å². The number of aromatic amines is 1. The highest BCUT2D eigenvalue weighted by atomic mass is 16.5. The molecule has 3 unspecified atom stereocenters. The number of nitrogens with zero attached hydrogens (tertiary/aromatic N) is 1. The molecule has 1 aromatic heterocycles. The van der Waals surface area contributed by atoms with E-state index in [1.54, 1.807) is 0 Å². The van der Waals surface area contributed by atoms with E-state index in [-0.39, 0.29) is 0 Å². The summed E-state index contributed by atoms with van der Waals surface area (Å²) in [4.78, 5) is 7.86. The van der Waals surface area contributed by atoms with Crippen LogP contribution in [-0.4, -0.2) is 22.7 Å². The normalized spacial score (nSPS) is 26.4. The molecule has 1 saturated carbocycles. The van der Waals surface area contributed by atoms with Crippen LogP contribution in [0.25, 0.3) is 0 Å². The van der Waals surface area contributed by atoms with Crippen LogP contribution in [0.1, 0.15) is 55.8 Å². The minimum absolute atomic E-state index is 0.375. The highest BCUT2D eigenvalue weighted by Gasteiger charge is 2.32. The van der Waals surface area contributed by atoms with Crippen molar-refractivity contribution in [2.45, 2.75) is 50.5 Å². The van der Waals surface area contributed by atoms with Crippen molar-refractivity contribution in [1.82, 2.24) is 9.97 Å². The van der Waals surface area contributed by atoms with Gasteiger partial charge in [0.2, 0.25) is 0 Å². The van der Waals surface area contributed by atoms with Crippen molar-refractivity contribution in [1.29, 1.82) is 0 Å². The summed E-state index contributed by atoms with van der Waals surface area (Å²) >= 11 is 0. The number of hydrogen-bond acceptors (Lipinski definition) is 2. The third kappa shape index (κ3) is 3.35. The summed E-state index contributed by atoms with van der Waals surface area (Å²) < 4.78 is 5.95. The molecule has 0 spiro atoms. The maximum atomic E-state index is 5.95. The average Bonchev–Trinajstić information content (AvgIpc) is 2.97. The fourth-order valence-electron chi connectivity index (χ4n) is 3.60. The molecule has 1 aliphatic rings. The summed E-state index contributed by atoms with van der Waals surface area (Å²) in [5, 5.41) is 0. The predicted octanol–water partition coefficient (Wildman–Crippen LogP) is 4.26. The van der Waals surface area contributed by atoms with Crippen LogP contribution >= 0.6 is 0 Å². The number of imidazole rings is 1. The average molecular weight is 284 g/mol. The molecule has 0 saturated heterocycles. The van der Waals surface area contributed by atoms with Gasteiger partial charge < -0.3 is 9.72 Å². The predicted molar refractivity (Wildman–Crippen MR) is 84.4 cm³/mol. The van der Waals surface area contributed by atoms with Crippen LogP contribution in [0.5, 0.6) is 0 Å². The van der Waals surface area contributed by atoms with Gasteiger partial charge in [-0.1, -0.05) is 36.8 Å². The second-order valence-electron chi connectivity index (χ2n) is 5.84. The molecule has 0 aliphatic heterocycles. The summed E-state index contributed by atoms with van der Waals surface area (Å²) in [5.74, 6) is 2.07. The van der Waals surface area contributed by atoms with Gasteiger partial charge in [-0.05, 0) is 37.7 Å². The Morgan fingerprint density at radius 2 is 2.05 bits per heavy atom. The number of hydrogen-bond donors (Lipinski definition) is 1. The molecule has 1 fully saturated rings. The van der Waals surface area contributed by atoms with Gasteiger partial charge in [-0.2, -0.15) is 0 Å². The van der Waals surface area contributed by atoms with Crippen molar-refractivity contribution in [3.63, 3.8) is 0 Å². The molecule has 1 N–H and O–H groups in total. The van der Waals surface area contributed by atoms with Crippen molar-refractivity contribution >= 4 is 0 Å². The van der Waals surface area contributed by atoms with Gasteiger partial charge in [0.1, 0.15) is 5.82 Å². The Kier molecular flexibility index (Phi) is 4.71. The lowest BCUT2D eigenvalue weighted by atomic mass is 9.81. The zero-order valence-electron chi connectivity index (χ0n) is 12.7. The molecular formula is C18H24N2O. The van der Waals surface area contributed by atoms with Crippen LogP contribution in [0, 0.1) is 0 Å². The first-order valence-electron chi connectivity index (χ1n) is 8.04. The topological polar surface area (TPSA) is 37.9 Å². The molecule has 3 rings (SSSR count). The molecule has 0 bridgehead atoms. The van der Waals surface area contributed by atoms with Crippen LogP contribution in [0.2, 0.25) is 0 Å². The number of nitrogens with one attached hydrogen (secondary N) is 1. The monoisotopic (exact) mass is 284 g/mol. The van der Waals surface area contributed by atoms with Crippen LogP contribution in [0.3, 0.4) is 0 Å². The molecule has 0 amide bonds. The minimum Gasteiger partial charge on any atom is -0.378 e. The lowest BCUT2D eigenvalue weighted by Gasteiger charge is -2.26. The molecule has 1 aliphatic carbocycles. The van der Waals surface area contributed by atoms with Crippen LogP contribution in [0.15, 0.2) is 42.7 Å². The van der Waals surface area contributed by atoms with Crippen LogP contribution < -0.4 is 0 Å². The van der Waals surface area contributed by atoms with Gasteiger partial charge in [-0.3, -0.25) is 0 Å². The Balaban J connectivity index is 1.90. The molecule has 1 aromatic carbocycles. The zero-order valence-corrected chi connectivity index (χ0v) is 12.7. The fraction of sp³-hybridized carbons (Fsp3) is 0.500. The summed E-state index contributed by atoms with van der Waals surface area (Å²) in [6.45, 7) is 2.89. The number of H-pyrrole nitrogens is 1. The van der Waals surface area contributed by atoms with E-state index in [1.807, 2.05) is 12.4 Å². The van der Waals surface area contributed by atoms with Gasteiger partial charge in [0.25, 0.3) is 0 Å². The van der Waals surface area contributed by atoms with Gasteiger partial charge in [-0.15, -0.1) is 0 Å². The quantitative estimate of drug-likeness (QED) is 0.852. The first-order chi connectivity index (χ1) is 10.4. The van der Waals surface area contributed by atoms with E-state index < -0.39 is 0 Å². The maximum absolute atomic E-state index is 5.95. The highest BCUT2D eigenvalue weighted by Crippen LogP contribution is 2.42. The second-order valence-corrected chi connectivity index (χ2v) is 5.84. The van der Waals surface area contributed by atoms with E-state index in [2.05, 4.69) is 47.2 Å². The third-order valence-electron chi connectivity index (χ3n) is 4.54. The van der Waals surface area contributed by atoms with E-state index in [9.17, 15) is 0 Å². The van der Waals surface area contributed by atoms with Crippen molar-refractivity contribution in [2.24, 2.45) is 0 Å². The van der Waals surface area contributed by atoms with E-state index in [0.717, 1.165) is 25.3 Å². The standard InChI is InChI=1S/C18H24N2O/c1-2-21-15-9-6-10-16(18-19-11-12-20-18)17(13-15)14-7-4-3-5-8-14/h3-5,7-8,11-12,15-17H,2,6,9-10,13H2,1H3,(H,19,20). The number of rotatable bonds is 4. The Morgan fingerprint density at radius 3 is 2.76 bits per heavy atom. The lowest BCUT2D eigenvalue weighted by molar-refractivity contribution is 0.0487. The molecule has 2 aromatic rings. The Hall–Kier alpha value is -1.61. The van der Waals surface area contributed by atoms with Gasteiger partial charge >= 0.3 is 0 Å². The molecule has 3 heteroatoms. The Morgan fingerprint density at radius 1 is 1.19 bits per heavy atom. The van der Waals surface area contributed by atoms with E-state index >= 15 is 0 Å². The van der Waals surface area contributed by atoms with E-state index in [1.165, 1.54) is 18.4 Å². The number of aromatic nitrogens is 2. The number of ether oxygens (including phenoxy) is 1. The maximum Gasteiger partial charge on any atom is 0.109 e. The Bertz CT molecular complexity index is 523. The van der Waals surface area contributed by atoms with Crippen molar-refractivity contribution in [2.75, 3.05) is 6.61 Å². The summed E-state index contributed by atoms with van der Waals surface area (Å²) in [5.41, 5.74) is 1.41. The first-order valence-corrected chi connectivity index (χ1v) is 8.04. The van der Waals surface area contributed by atoms with Crippen molar-refractivity contribution in [3.8, 4) is 0 Å².